The molecule has 0 saturated heterocycles. The molecule has 1 heterocycles. The lowest BCUT2D eigenvalue weighted by molar-refractivity contribution is -0.150. The Morgan fingerprint density at radius 2 is 1.79 bits per heavy atom. The number of aryl methyl sites for hydroxylation is 1. The van der Waals surface area contributed by atoms with Crippen molar-refractivity contribution < 1.29 is 23.4 Å². The van der Waals surface area contributed by atoms with Crippen LogP contribution in [0.15, 0.2) is 57.9 Å². The first kappa shape index (κ1) is 20.5. The number of fused-ring (bicyclic) bond motifs is 1. The minimum Gasteiger partial charge on any atom is -0.482 e. The van der Waals surface area contributed by atoms with Crippen molar-refractivity contribution in [2.45, 2.75) is 39.7 Å². The normalized spacial score (nSPS) is 11.8. The molecule has 29 heavy (non-hydrogen) atoms. The van der Waals surface area contributed by atoms with Gasteiger partial charge in [-0.2, -0.15) is 0 Å². The maximum absolute atomic E-state index is 12.7. The molecule has 0 aliphatic carbocycles. The van der Waals surface area contributed by atoms with Gasteiger partial charge in [-0.15, -0.1) is 0 Å². The topological polar surface area (TPSA) is 75.0 Å². The molecule has 3 aromatic rings. The van der Waals surface area contributed by atoms with Gasteiger partial charge in [-0.3, -0.25) is 4.79 Å². The van der Waals surface area contributed by atoms with Crippen molar-refractivity contribution in [2.24, 2.45) is 0 Å². The standard InChI is InChI=1S/C23H24O6/c1-4-15(3)28-22(24)14-26-18-10-11-19-20(12-18)27-13-21(23(19)25)29-17-8-6-16(5-2)7-9-17/h6-13,15H,4-5,14H2,1-3H3. The summed E-state index contributed by atoms with van der Waals surface area (Å²) in [7, 11) is 0. The third-order valence-corrected chi connectivity index (χ3v) is 4.54. The van der Waals surface area contributed by atoms with Crippen LogP contribution in [0.25, 0.3) is 11.0 Å². The SMILES string of the molecule is CCc1ccc(Oc2coc3cc(OCC(=O)OC(C)CC)ccc3c2=O)cc1. The van der Waals surface area contributed by atoms with Gasteiger partial charge in [-0.1, -0.05) is 26.0 Å². The van der Waals surface area contributed by atoms with E-state index >= 15 is 0 Å². The molecule has 1 unspecified atom stereocenters. The van der Waals surface area contributed by atoms with Crippen molar-refractivity contribution in [2.75, 3.05) is 6.61 Å². The van der Waals surface area contributed by atoms with E-state index in [0.29, 0.717) is 22.5 Å². The third-order valence-electron chi connectivity index (χ3n) is 4.54. The molecule has 0 spiro atoms. The highest BCUT2D eigenvalue weighted by atomic mass is 16.6. The molecule has 0 aliphatic rings. The highest BCUT2D eigenvalue weighted by Crippen LogP contribution is 2.24. The van der Waals surface area contributed by atoms with Crippen LogP contribution in [-0.2, 0) is 16.0 Å². The second kappa shape index (κ2) is 9.28. The lowest BCUT2D eigenvalue weighted by atomic mass is 10.2. The lowest BCUT2D eigenvalue weighted by Gasteiger charge is -2.11. The molecule has 6 heteroatoms. The van der Waals surface area contributed by atoms with Crippen LogP contribution in [0, 0.1) is 0 Å². The molecular formula is C23H24O6. The van der Waals surface area contributed by atoms with Crippen molar-refractivity contribution in [3.8, 4) is 17.2 Å². The number of benzene rings is 2. The summed E-state index contributed by atoms with van der Waals surface area (Å²) in [5, 5.41) is 0.363. The number of esters is 1. The van der Waals surface area contributed by atoms with Crippen LogP contribution in [0.2, 0.25) is 0 Å². The Kier molecular flexibility index (Phi) is 6.54. The van der Waals surface area contributed by atoms with E-state index in [-0.39, 0.29) is 23.9 Å². The van der Waals surface area contributed by atoms with Crippen LogP contribution in [-0.4, -0.2) is 18.7 Å². The Hall–Kier alpha value is -3.28. The molecule has 152 valence electrons. The minimum absolute atomic E-state index is 0.104. The molecule has 3 rings (SSSR count). The van der Waals surface area contributed by atoms with Crippen molar-refractivity contribution in [3.63, 3.8) is 0 Å². The lowest BCUT2D eigenvalue weighted by Crippen LogP contribution is -2.20. The molecule has 0 bridgehead atoms. The maximum Gasteiger partial charge on any atom is 0.344 e. The number of carbonyl (C=O) groups is 1. The molecule has 2 aromatic carbocycles. The smallest absolute Gasteiger partial charge is 0.344 e. The largest absolute Gasteiger partial charge is 0.482 e. The summed E-state index contributed by atoms with van der Waals surface area (Å²) in [5.41, 5.74) is 1.24. The van der Waals surface area contributed by atoms with E-state index in [4.69, 9.17) is 18.6 Å². The molecular weight excluding hydrogens is 372 g/mol. The van der Waals surface area contributed by atoms with E-state index in [2.05, 4.69) is 6.92 Å². The van der Waals surface area contributed by atoms with Gasteiger partial charge < -0.3 is 18.6 Å². The summed E-state index contributed by atoms with van der Waals surface area (Å²) < 4.78 is 21.8. The average Bonchev–Trinajstić information content (AvgIpc) is 2.74. The Balaban J connectivity index is 1.73. The monoisotopic (exact) mass is 396 g/mol. The number of rotatable bonds is 8. The van der Waals surface area contributed by atoms with Gasteiger partial charge in [0, 0.05) is 6.07 Å². The minimum atomic E-state index is -0.446. The average molecular weight is 396 g/mol. The van der Waals surface area contributed by atoms with Gasteiger partial charge in [0.05, 0.1) is 11.5 Å². The Bertz CT molecular complexity index is 1040. The molecule has 6 nitrogen and oxygen atoms in total. The van der Waals surface area contributed by atoms with Crippen LogP contribution >= 0.6 is 0 Å². The summed E-state index contributed by atoms with van der Waals surface area (Å²) in [6.07, 6.45) is 2.79. The number of ether oxygens (including phenoxy) is 3. The first-order valence-corrected chi connectivity index (χ1v) is 9.64. The van der Waals surface area contributed by atoms with E-state index in [1.807, 2.05) is 38.1 Å². The highest BCUT2D eigenvalue weighted by molar-refractivity contribution is 5.79. The Morgan fingerprint density at radius 1 is 1.07 bits per heavy atom. The predicted octanol–water partition coefficient (Wildman–Crippen LogP) is 4.87. The number of carbonyl (C=O) groups excluding carboxylic acids is 1. The molecule has 0 fully saturated rings. The van der Waals surface area contributed by atoms with Crippen LogP contribution < -0.4 is 14.9 Å². The fourth-order valence-corrected chi connectivity index (χ4v) is 2.66. The van der Waals surface area contributed by atoms with E-state index in [0.717, 1.165) is 12.8 Å². The molecule has 1 aromatic heterocycles. The molecule has 0 N–H and O–H groups in total. The fourth-order valence-electron chi connectivity index (χ4n) is 2.66. The van der Waals surface area contributed by atoms with Gasteiger partial charge in [0.15, 0.2) is 6.61 Å². The summed E-state index contributed by atoms with van der Waals surface area (Å²) in [6, 6.07) is 12.3. The van der Waals surface area contributed by atoms with Gasteiger partial charge in [-0.25, -0.2) is 4.79 Å². The summed E-state index contributed by atoms with van der Waals surface area (Å²) in [6.45, 7) is 5.61. The number of hydrogen-bond acceptors (Lipinski definition) is 6. The van der Waals surface area contributed by atoms with Crippen LogP contribution in [0.5, 0.6) is 17.2 Å². The fraction of sp³-hybridized carbons (Fsp3) is 0.304. The summed E-state index contributed by atoms with van der Waals surface area (Å²) in [5.74, 6) is 0.630. The Labute approximate surface area is 169 Å². The van der Waals surface area contributed by atoms with E-state index in [1.54, 1.807) is 18.2 Å². The molecule has 0 amide bonds. The third kappa shape index (κ3) is 5.16. The zero-order chi connectivity index (χ0) is 20.8. The van der Waals surface area contributed by atoms with E-state index < -0.39 is 5.97 Å². The Morgan fingerprint density at radius 3 is 2.48 bits per heavy atom. The molecule has 1 atom stereocenters. The van der Waals surface area contributed by atoms with Crippen molar-refractivity contribution in [1.82, 2.24) is 0 Å². The second-order valence-electron chi connectivity index (χ2n) is 6.68. The first-order chi connectivity index (χ1) is 14.0. The van der Waals surface area contributed by atoms with E-state index in [1.165, 1.54) is 11.8 Å². The second-order valence-corrected chi connectivity index (χ2v) is 6.68. The summed E-state index contributed by atoms with van der Waals surface area (Å²) >= 11 is 0. The van der Waals surface area contributed by atoms with E-state index in [9.17, 15) is 9.59 Å². The zero-order valence-corrected chi connectivity index (χ0v) is 16.8. The van der Waals surface area contributed by atoms with Crippen molar-refractivity contribution in [1.29, 1.82) is 0 Å². The molecule has 0 saturated carbocycles. The van der Waals surface area contributed by atoms with Crippen molar-refractivity contribution in [3.05, 3.63) is 64.5 Å². The van der Waals surface area contributed by atoms with Gasteiger partial charge in [0.1, 0.15) is 23.3 Å². The first-order valence-electron chi connectivity index (χ1n) is 9.64. The quantitative estimate of drug-likeness (QED) is 0.506. The van der Waals surface area contributed by atoms with Crippen LogP contribution in [0.4, 0.5) is 0 Å². The highest BCUT2D eigenvalue weighted by Gasteiger charge is 2.12. The van der Waals surface area contributed by atoms with Gasteiger partial charge in [-0.05, 0) is 49.6 Å². The van der Waals surface area contributed by atoms with Crippen LogP contribution in [0.1, 0.15) is 32.8 Å². The van der Waals surface area contributed by atoms with Gasteiger partial charge >= 0.3 is 5.97 Å². The number of hydrogen-bond donors (Lipinski definition) is 0. The maximum atomic E-state index is 12.7. The van der Waals surface area contributed by atoms with Crippen molar-refractivity contribution >= 4 is 16.9 Å². The van der Waals surface area contributed by atoms with Gasteiger partial charge in [0.2, 0.25) is 11.2 Å². The zero-order valence-electron chi connectivity index (χ0n) is 16.8. The molecule has 0 aliphatic heterocycles. The summed E-state index contributed by atoms with van der Waals surface area (Å²) in [4.78, 5) is 24.4. The predicted molar refractivity (Wildman–Crippen MR) is 110 cm³/mol. The van der Waals surface area contributed by atoms with Gasteiger partial charge in [0.25, 0.3) is 0 Å². The molecule has 0 radical (unpaired) electrons. The van der Waals surface area contributed by atoms with Crippen LogP contribution in [0.3, 0.4) is 0 Å².